The molecule has 0 saturated carbocycles. The number of pyridine rings is 2. The van der Waals surface area contributed by atoms with E-state index >= 15 is 0 Å². The Morgan fingerprint density at radius 2 is 1.81 bits per heavy atom. The molecular formula is C20H19F3N6O3. The zero-order valence-corrected chi connectivity index (χ0v) is 17.3. The van der Waals surface area contributed by atoms with Crippen LogP contribution in [0.2, 0.25) is 0 Å². The molecule has 32 heavy (non-hydrogen) atoms. The molecule has 1 N–H and O–H groups in total. The van der Waals surface area contributed by atoms with E-state index in [0.29, 0.717) is 11.6 Å². The highest BCUT2D eigenvalue weighted by Crippen LogP contribution is 2.22. The zero-order valence-electron chi connectivity index (χ0n) is 17.3. The van der Waals surface area contributed by atoms with E-state index in [1.54, 1.807) is 51.3 Å². The minimum Gasteiger partial charge on any atom is -0.444 e. The van der Waals surface area contributed by atoms with Crippen molar-refractivity contribution in [3.8, 4) is 11.6 Å². The van der Waals surface area contributed by atoms with Gasteiger partial charge < -0.3 is 9.47 Å². The molecule has 0 radical (unpaired) electrons. The first-order chi connectivity index (χ1) is 15.0. The fourth-order valence-corrected chi connectivity index (χ4v) is 2.32. The van der Waals surface area contributed by atoms with Crippen LogP contribution in [0.15, 0.2) is 43.0 Å². The number of nitrogens with zero attached hydrogens (tertiary/aromatic N) is 5. The van der Waals surface area contributed by atoms with Crippen molar-refractivity contribution in [1.29, 1.82) is 0 Å². The number of carbonyl (C=O) groups is 1. The summed E-state index contributed by atoms with van der Waals surface area (Å²) in [5.41, 5.74) is 0.111. The molecule has 3 aromatic heterocycles. The molecule has 0 aromatic carbocycles. The van der Waals surface area contributed by atoms with Crippen LogP contribution in [0.3, 0.4) is 0 Å². The summed E-state index contributed by atoms with van der Waals surface area (Å²) < 4.78 is 46.9. The Bertz CT molecular complexity index is 1090. The molecule has 0 spiro atoms. The summed E-state index contributed by atoms with van der Waals surface area (Å²) in [6, 6.07) is 5.80. The van der Waals surface area contributed by atoms with E-state index in [0.717, 1.165) is 17.8 Å². The summed E-state index contributed by atoms with van der Waals surface area (Å²) in [5.74, 6) is 0.519. The number of amides is 1. The summed E-state index contributed by atoms with van der Waals surface area (Å²) in [7, 11) is 0. The number of nitrogens with one attached hydrogen (secondary N) is 1. The second-order valence-corrected chi connectivity index (χ2v) is 7.38. The fourth-order valence-electron chi connectivity index (χ4n) is 2.32. The molecule has 3 aromatic rings. The third-order valence-corrected chi connectivity index (χ3v) is 3.54. The lowest BCUT2D eigenvalue weighted by atomic mass is 10.2. The van der Waals surface area contributed by atoms with Gasteiger partial charge in [-0.05, 0) is 62.8 Å². The second-order valence-electron chi connectivity index (χ2n) is 7.38. The minimum absolute atomic E-state index is 0.269. The maximum absolute atomic E-state index is 12.2. The summed E-state index contributed by atoms with van der Waals surface area (Å²) in [6.07, 6.45) is 1.80. The van der Waals surface area contributed by atoms with Gasteiger partial charge in [-0.1, -0.05) is 0 Å². The van der Waals surface area contributed by atoms with Crippen LogP contribution in [-0.4, -0.2) is 42.8 Å². The predicted molar refractivity (Wildman–Crippen MR) is 109 cm³/mol. The largest absolute Gasteiger partial charge is 0.573 e. The third kappa shape index (κ3) is 7.07. The number of hydrogen-bond acceptors (Lipinski definition) is 7. The average molecular weight is 448 g/mol. The highest BCUT2D eigenvalue weighted by molar-refractivity contribution is 5.83. The summed E-state index contributed by atoms with van der Waals surface area (Å²) in [4.78, 5) is 23.9. The smallest absolute Gasteiger partial charge is 0.444 e. The van der Waals surface area contributed by atoms with Gasteiger partial charge in [0.05, 0.1) is 6.20 Å². The maximum Gasteiger partial charge on any atom is 0.573 e. The van der Waals surface area contributed by atoms with Crippen molar-refractivity contribution in [2.75, 3.05) is 5.32 Å². The fraction of sp³-hybridized carbons (Fsp3) is 0.250. The molecule has 3 rings (SSSR count). The van der Waals surface area contributed by atoms with Crippen LogP contribution >= 0.6 is 0 Å². The lowest BCUT2D eigenvalue weighted by molar-refractivity contribution is -0.274. The third-order valence-electron chi connectivity index (χ3n) is 3.54. The molecule has 0 aliphatic heterocycles. The topological polar surface area (TPSA) is 104 Å². The number of hydrogen-bond donors (Lipinski definition) is 1. The molecule has 0 atom stereocenters. The lowest BCUT2D eigenvalue weighted by Gasteiger charge is -2.19. The van der Waals surface area contributed by atoms with Crippen molar-refractivity contribution in [3.63, 3.8) is 0 Å². The molecule has 0 aliphatic rings. The minimum atomic E-state index is -4.78. The molecular weight excluding hydrogens is 429 g/mol. The van der Waals surface area contributed by atoms with Crippen LogP contribution in [0.4, 0.5) is 23.8 Å². The molecule has 9 nitrogen and oxygen atoms in total. The van der Waals surface area contributed by atoms with Gasteiger partial charge in [-0.25, -0.2) is 24.4 Å². The Morgan fingerprint density at radius 3 is 2.41 bits per heavy atom. The van der Waals surface area contributed by atoms with Gasteiger partial charge in [0.15, 0.2) is 11.6 Å². The van der Waals surface area contributed by atoms with Crippen LogP contribution < -0.4 is 10.1 Å². The average Bonchev–Trinajstić information content (AvgIpc) is 3.14. The van der Waals surface area contributed by atoms with Gasteiger partial charge in [0.2, 0.25) is 0 Å². The van der Waals surface area contributed by atoms with Crippen molar-refractivity contribution in [3.05, 3.63) is 54.4 Å². The molecule has 3 heterocycles. The summed E-state index contributed by atoms with van der Waals surface area (Å²) in [5, 5.41) is 6.72. The van der Waals surface area contributed by atoms with Gasteiger partial charge in [-0.3, -0.25) is 5.32 Å². The van der Waals surface area contributed by atoms with Crippen LogP contribution in [-0.2, 0) is 4.74 Å². The zero-order chi connectivity index (χ0) is 23.4. The standard InChI is InChI=1S/C20H19F3N6O3/c1-19(2,3)32-18(30)27-15-7-4-13(10-24-15)5-8-16-26-12-29(28-16)17-9-6-14(11-25-17)31-20(21,22)23/h4-12H,1-3H3,(H,24,27,30). The molecule has 0 fully saturated rings. The Kier molecular flexibility index (Phi) is 6.42. The molecule has 12 heteroatoms. The Hall–Kier alpha value is -3.96. The quantitative estimate of drug-likeness (QED) is 0.614. The van der Waals surface area contributed by atoms with Gasteiger partial charge in [-0.2, -0.15) is 0 Å². The number of aromatic nitrogens is 5. The summed E-state index contributed by atoms with van der Waals surface area (Å²) in [6.45, 7) is 5.28. The number of carbonyl (C=O) groups excluding carboxylic acids is 1. The molecule has 0 unspecified atom stereocenters. The van der Waals surface area contributed by atoms with Crippen molar-refractivity contribution in [1.82, 2.24) is 24.7 Å². The number of alkyl halides is 3. The highest BCUT2D eigenvalue weighted by Gasteiger charge is 2.31. The Balaban J connectivity index is 1.60. The van der Waals surface area contributed by atoms with Crippen LogP contribution in [0.1, 0.15) is 32.2 Å². The van der Waals surface area contributed by atoms with Crippen LogP contribution in [0.25, 0.3) is 18.0 Å². The summed E-state index contributed by atoms with van der Waals surface area (Å²) >= 11 is 0. The van der Waals surface area contributed by atoms with Gasteiger partial charge >= 0.3 is 12.5 Å². The lowest BCUT2D eigenvalue weighted by Crippen LogP contribution is -2.27. The van der Waals surface area contributed by atoms with Crippen molar-refractivity contribution >= 4 is 24.1 Å². The monoisotopic (exact) mass is 448 g/mol. The van der Waals surface area contributed by atoms with E-state index in [2.05, 4.69) is 30.1 Å². The van der Waals surface area contributed by atoms with Gasteiger partial charge in [0, 0.05) is 6.20 Å². The van der Waals surface area contributed by atoms with Crippen molar-refractivity contribution < 1.29 is 27.4 Å². The van der Waals surface area contributed by atoms with Crippen molar-refractivity contribution in [2.24, 2.45) is 0 Å². The van der Waals surface area contributed by atoms with E-state index in [9.17, 15) is 18.0 Å². The molecule has 0 saturated heterocycles. The first-order valence-electron chi connectivity index (χ1n) is 9.25. The van der Waals surface area contributed by atoms with Crippen molar-refractivity contribution in [2.45, 2.75) is 32.7 Å². The molecule has 0 bridgehead atoms. The Morgan fingerprint density at radius 1 is 1.03 bits per heavy atom. The van der Waals surface area contributed by atoms with E-state index in [-0.39, 0.29) is 5.82 Å². The SMILES string of the molecule is CC(C)(C)OC(=O)Nc1ccc(C=Cc2ncn(-c3ccc(OC(F)(F)F)cn3)n2)cn1. The van der Waals surface area contributed by atoms with Crippen LogP contribution in [0, 0.1) is 0 Å². The molecule has 168 valence electrons. The predicted octanol–water partition coefficient (Wildman–Crippen LogP) is 4.47. The highest BCUT2D eigenvalue weighted by atomic mass is 19.4. The second kappa shape index (κ2) is 9.04. The first-order valence-corrected chi connectivity index (χ1v) is 9.25. The number of ether oxygens (including phenoxy) is 2. The van der Waals surface area contributed by atoms with E-state index in [1.165, 1.54) is 17.1 Å². The normalized spacial score (nSPS) is 12.1. The Labute approximate surface area is 180 Å². The maximum atomic E-state index is 12.2. The first kappa shape index (κ1) is 22.7. The van der Waals surface area contributed by atoms with Crippen LogP contribution in [0.5, 0.6) is 5.75 Å². The number of rotatable bonds is 5. The van der Waals surface area contributed by atoms with Gasteiger partial charge in [0.25, 0.3) is 0 Å². The van der Waals surface area contributed by atoms with Gasteiger partial charge in [0.1, 0.15) is 23.5 Å². The number of anilines is 1. The van der Waals surface area contributed by atoms with E-state index in [1.807, 2.05) is 0 Å². The number of halogens is 3. The van der Waals surface area contributed by atoms with E-state index < -0.39 is 23.8 Å². The van der Waals surface area contributed by atoms with Gasteiger partial charge in [-0.15, -0.1) is 18.3 Å². The van der Waals surface area contributed by atoms with E-state index in [4.69, 9.17) is 4.74 Å². The molecule has 1 amide bonds. The molecule has 0 aliphatic carbocycles.